The van der Waals surface area contributed by atoms with Gasteiger partial charge >= 0.3 is 0 Å². The Balaban J connectivity index is 2.07. The van der Waals surface area contributed by atoms with Crippen molar-refractivity contribution in [1.29, 1.82) is 0 Å². The number of aldehydes is 1. The summed E-state index contributed by atoms with van der Waals surface area (Å²) in [5.41, 5.74) is 0.534. The maximum Gasteiger partial charge on any atom is 0.150 e. The lowest BCUT2D eigenvalue weighted by Crippen LogP contribution is -1.95. The van der Waals surface area contributed by atoms with Gasteiger partial charge in [0.2, 0.25) is 0 Å². The molecule has 3 nitrogen and oxygen atoms in total. The number of hydrogen-bond donors (Lipinski definition) is 0. The number of halogens is 1. The molecule has 0 bridgehead atoms. The highest BCUT2D eigenvalue weighted by atomic mass is 35.5. The van der Waals surface area contributed by atoms with Crippen LogP contribution in [0, 0.1) is 0 Å². The summed E-state index contributed by atoms with van der Waals surface area (Å²) >= 11 is 7.47. The van der Waals surface area contributed by atoms with E-state index in [2.05, 4.69) is 4.98 Å². The van der Waals surface area contributed by atoms with Gasteiger partial charge in [-0.05, 0) is 18.2 Å². The molecule has 0 N–H and O–H groups in total. The molecule has 0 atom stereocenters. The lowest BCUT2D eigenvalue weighted by molar-refractivity contribution is 0.112. The molecule has 0 aliphatic heterocycles. The molecule has 5 heteroatoms. The molecular weight excluding hydrogens is 246 g/mol. The maximum atomic E-state index is 10.5. The van der Waals surface area contributed by atoms with E-state index in [4.69, 9.17) is 16.3 Å². The normalized spacial score (nSPS) is 10.1. The molecule has 2 aromatic rings. The first-order valence-corrected chi connectivity index (χ1v) is 5.81. The van der Waals surface area contributed by atoms with Gasteiger partial charge in [-0.2, -0.15) is 0 Å². The van der Waals surface area contributed by atoms with Crippen molar-refractivity contribution in [3.63, 3.8) is 0 Å². The number of nitrogens with zero attached hydrogens (tertiary/aromatic N) is 1. The molecule has 0 radical (unpaired) electrons. The largest absolute Gasteiger partial charge is 0.485 e. The minimum absolute atomic E-state index is 0.387. The third kappa shape index (κ3) is 2.59. The Morgan fingerprint density at radius 2 is 2.38 bits per heavy atom. The van der Waals surface area contributed by atoms with Crippen molar-refractivity contribution in [2.75, 3.05) is 0 Å². The highest BCUT2D eigenvalue weighted by Gasteiger charge is 2.04. The number of thiazole rings is 1. The predicted octanol–water partition coefficient (Wildman–Crippen LogP) is 3.19. The van der Waals surface area contributed by atoms with Gasteiger partial charge in [0.25, 0.3) is 0 Å². The average Bonchev–Trinajstić information content (AvgIpc) is 2.80. The van der Waals surface area contributed by atoms with E-state index < -0.39 is 0 Å². The summed E-state index contributed by atoms with van der Waals surface area (Å²) in [5.74, 6) is 0.558. The molecule has 82 valence electrons. The van der Waals surface area contributed by atoms with Gasteiger partial charge in [0.05, 0.1) is 5.02 Å². The van der Waals surface area contributed by atoms with Crippen molar-refractivity contribution in [1.82, 2.24) is 4.98 Å². The summed E-state index contributed by atoms with van der Waals surface area (Å²) in [6.07, 6.45) is 2.47. The predicted molar refractivity (Wildman–Crippen MR) is 63.3 cm³/mol. The number of carbonyl (C=O) groups excluding carboxylic acids is 1. The van der Waals surface area contributed by atoms with Crippen molar-refractivity contribution >= 4 is 29.2 Å². The van der Waals surface area contributed by atoms with Crippen LogP contribution in [0.25, 0.3) is 0 Å². The third-order valence-electron chi connectivity index (χ3n) is 1.93. The fourth-order valence-electron chi connectivity index (χ4n) is 1.17. The standard InChI is InChI=1S/C11H8ClNO2S/c12-9-5-8(6-14)1-2-10(9)15-7-11-13-3-4-16-11/h1-6H,7H2. The molecule has 16 heavy (non-hydrogen) atoms. The van der Waals surface area contributed by atoms with Crippen LogP contribution in [0.15, 0.2) is 29.8 Å². The highest BCUT2D eigenvalue weighted by Crippen LogP contribution is 2.25. The second-order valence-electron chi connectivity index (χ2n) is 3.02. The molecule has 0 aliphatic rings. The highest BCUT2D eigenvalue weighted by molar-refractivity contribution is 7.09. The average molecular weight is 254 g/mol. The summed E-state index contributed by atoms with van der Waals surface area (Å²) in [7, 11) is 0. The Morgan fingerprint density at radius 3 is 3.00 bits per heavy atom. The van der Waals surface area contributed by atoms with E-state index >= 15 is 0 Å². The molecule has 1 heterocycles. The summed E-state index contributed by atoms with van der Waals surface area (Å²) in [6, 6.07) is 4.92. The van der Waals surface area contributed by atoms with Crippen LogP contribution in [0.5, 0.6) is 5.75 Å². The van der Waals surface area contributed by atoms with Crippen molar-refractivity contribution in [2.24, 2.45) is 0 Å². The zero-order valence-electron chi connectivity index (χ0n) is 8.22. The van der Waals surface area contributed by atoms with E-state index in [0.717, 1.165) is 11.3 Å². The summed E-state index contributed by atoms with van der Waals surface area (Å²) in [5, 5.41) is 3.20. The van der Waals surface area contributed by atoms with Crippen LogP contribution >= 0.6 is 22.9 Å². The second-order valence-corrected chi connectivity index (χ2v) is 4.41. The molecule has 0 fully saturated rings. The maximum absolute atomic E-state index is 10.5. The van der Waals surface area contributed by atoms with Gasteiger partial charge in [0, 0.05) is 17.1 Å². The lowest BCUT2D eigenvalue weighted by Gasteiger charge is -2.06. The van der Waals surface area contributed by atoms with Crippen molar-refractivity contribution < 1.29 is 9.53 Å². The van der Waals surface area contributed by atoms with Gasteiger partial charge in [0.1, 0.15) is 23.7 Å². The van der Waals surface area contributed by atoms with Crippen molar-refractivity contribution in [2.45, 2.75) is 6.61 Å². The van der Waals surface area contributed by atoms with E-state index in [1.54, 1.807) is 24.4 Å². The first-order chi connectivity index (χ1) is 7.79. The number of rotatable bonds is 4. The molecule has 0 saturated heterocycles. The van der Waals surface area contributed by atoms with Crippen LogP contribution in [-0.4, -0.2) is 11.3 Å². The third-order valence-corrected chi connectivity index (χ3v) is 2.98. The van der Waals surface area contributed by atoms with E-state index in [-0.39, 0.29) is 0 Å². The smallest absolute Gasteiger partial charge is 0.150 e. The fraction of sp³-hybridized carbons (Fsp3) is 0.0909. The zero-order valence-corrected chi connectivity index (χ0v) is 9.79. The van der Waals surface area contributed by atoms with Gasteiger partial charge < -0.3 is 4.74 Å². The van der Waals surface area contributed by atoms with Crippen LogP contribution in [0.1, 0.15) is 15.4 Å². The topological polar surface area (TPSA) is 39.2 Å². The van der Waals surface area contributed by atoms with E-state index in [9.17, 15) is 4.79 Å². The molecule has 0 saturated carbocycles. The molecule has 0 aliphatic carbocycles. The van der Waals surface area contributed by atoms with Gasteiger partial charge in [-0.25, -0.2) is 4.98 Å². The minimum Gasteiger partial charge on any atom is -0.485 e. The van der Waals surface area contributed by atoms with Crippen LogP contribution in [0.3, 0.4) is 0 Å². The van der Waals surface area contributed by atoms with E-state index in [1.165, 1.54) is 11.3 Å². The van der Waals surface area contributed by atoms with Gasteiger partial charge in [-0.3, -0.25) is 4.79 Å². The molecular formula is C11H8ClNO2S. The monoisotopic (exact) mass is 253 g/mol. The Labute approximate surface area is 102 Å². The lowest BCUT2D eigenvalue weighted by atomic mass is 10.2. The van der Waals surface area contributed by atoms with Crippen molar-refractivity contribution in [3.8, 4) is 5.75 Å². The molecule has 0 spiro atoms. The first kappa shape index (κ1) is 11.1. The van der Waals surface area contributed by atoms with Crippen LogP contribution in [0.4, 0.5) is 0 Å². The van der Waals surface area contributed by atoms with E-state index in [1.807, 2.05) is 5.38 Å². The number of aromatic nitrogens is 1. The van der Waals surface area contributed by atoms with Gasteiger partial charge in [-0.1, -0.05) is 11.6 Å². The van der Waals surface area contributed by atoms with Gasteiger partial charge in [0.15, 0.2) is 0 Å². The minimum atomic E-state index is 0.387. The van der Waals surface area contributed by atoms with Crippen LogP contribution in [-0.2, 0) is 6.61 Å². The fourth-order valence-corrected chi connectivity index (χ4v) is 1.94. The second kappa shape index (κ2) is 5.09. The molecule has 1 aromatic heterocycles. The summed E-state index contributed by atoms with van der Waals surface area (Å²) in [6.45, 7) is 0.387. The summed E-state index contributed by atoms with van der Waals surface area (Å²) < 4.78 is 5.48. The number of ether oxygens (including phenoxy) is 1. The van der Waals surface area contributed by atoms with Crippen molar-refractivity contribution in [3.05, 3.63) is 45.4 Å². The molecule has 1 aromatic carbocycles. The Bertz CT molecular complexity index is 485. The first-order valence-electron chi connectivity index (χ1n) is 4.55. The molecule has 2 rings (SSSR count). The summed E-state index contributed by atoms with van der Waals surface area (Å²) in [4.78, 5) is 14.6. The SMILES string of the molecule is O=Cc1ccc(OCc2nccs2)c(Cl)c1. The Kier molecular flexibility index (Phi) is 3.54. The number of hydrogen-bond acceptors (Lipinski definition) is 4. The van der Waals surface area contributed by atoms with Crippen LogP contribution in [0.2, 0.25) is 5.02 Å². The number of benzene rings is 1. The molecule has 0 amide bonds. The Morgan fingerprint density at radius 1 is 1.50 bits per heavy atom. The number of carbonyl (C=O) groups is 1. The Hall–Kier alpha value is -1.39. The molecule has 0 unspecified atom stereocenters. The zero-order chi connectivity index (χ0) is 11.4. The van der Waals surface area contributed by atoms with Crippen LogP contribution < -0.4 is 4.74 Å². The van der Waals surface area contributed by atoms with E-state index in [0.29, 0.717) is 22.9 Å². The quantitative estimate of drug-likeness (QED) is 0.786. The van der Waals surface area contributed by atoms with Gasteiger partial charge in [-0.15, -0.1) is 11.3 Å².